The van der Waals surface area contributed by atoms with E-state index in [0.29, 0.717) is 29.4 Å². The molecule has 0 radical (unpaired) electrons. The van der Waals surface area contributed by atoms with Gasteiger partial charge in [-0.05, 0) is 38.5 Å². The zero-order valence-electron chi connectivity index (χ0n) is 15.6. The van der Waals surface area contributed by atoms with E-state index >= 15 is 0 Å². The van der Waals surface area contributed by atoms with Crippen LogP contribution in [-0.4, -0.2) is 28.2 Å². The molecule has 1 amide bonds. The van der Waals surface area contributed by atoms with Crippen LogP contribution in [0.4, 0.5) is 5.82 Å². The fourth-order valence-electron chi connectivity index (χ4n) is 2.72. The Morgan fingerprint density at radius 1 is 1.36 bits per heavy atom. The van der Waals surface area contributed by atoms with Crippen LogP contribution in [0.2, 0.25) is 0 Å². The summed E-state index contributed by atoms with van der Waals surface area (Å²) in [6.07, 6.45) is 1.55. The van der Waals surface area contributed by atoms with Crippen molar-refractivity contribution in [3.05, 3.63) is 58.5 Å². The largest absolute Gasteiger partial charge is 0.467 e. The number of carbonyl (C=O) groups is 2. The van der Waals surface area contributed by atoms with Gasteiger partial charge in [-0.25, -0.2) is 4.79 Å². The van der Waals surface area contributed by atoms with E-state index in [0.717, 1.165) is 11.3 Å². The Balaban J connectivity index is 1.75. The molecule has 0 bridgehead atoms. The van der Waals surface area contributed by atoms with E-state index in [1.807, 2.05) is 6.92 Å². The first-order chi connectivity index (χ1) is 13.4. The average Bonchev–Trinajstić information content (AvgIpc) is 3.38. The van der Waals surface area contributed by atoms with Crippen LogP contribution in [0.3, 0.4) is 0 Å². The highest BCUT2D eigenvalue weighted by atomic mass is 16.6. The predicted octanol–water partition coefficient (Wildman–Crippen LogP) is 2.71. The highest BCUT2D eigenvalue weighted by molar-refractivity contribution is 5.95. The summed E-state index contributed by atoms with van der Waals surface area (Å²) in [5, 5.41) is 15.7. The van der Waals surface area contributed by atoms with Crippen molar-refractivity contribution in [2.75, 3.05) is 11.9 Å². The molecule has 3 aromatic heterocycles. The number of aryl methyl sites for hydroxylation is 1. The molecule has 0 saturated carbocycles. The summed E-state index contributed by atoms with van der Waals surface area (Å²) in [6, 6.07) is 7.08. The topological polar surface area (TPSA) is 123 Å². The van der Waals surface area contributed by atoms with Gasteiger partial charge in [-0.1, -0.05) is 5.16 Å². The second-order valence-corrected chi connectivity index (χ2v) is 6.17. The lowest BCUT2D eigenvalue weighted by Crippen LogP contribution is -2.23. The van der Waals surface area contributed by atoms with Gasteiger partial charge in [-0.2, -0.15) is 5.26 Å². The number of hydrogen-bond donors (Lipinski definition) is 1. The third-order valence-corrected chi connectivity index (χ3v) is 4.26. The van der Waals surface area contributed by atoms with Gasteiger partial charge in [0.05, 0.1) is 24.1 Å². The molecule has 3 rings (SSSR count). The summed E-state index contributed by atoms with van der Waals surface area (Å²) in [5.41, 5.74) is 2.43. The minimum absolute atomic E-state index is 0.0871. The number of aromatic nitrogens is 2. The Labute approximate surface area is 160 Å². The third kappa shape index (κ3) is 3.81. The molecular weight excluding hydrogens is 364 g/mol. The van der Waals surface area contributed by atoms with Crippen molar-refractivity contribution in [3.63, 3.8) is 0 Å². The van der Waals surface area contributed by atoms with Gasteiger partial charge in [-0.3, -0.25) is 4.79 Å². The quantitative estimate of drug-likeness (QED) is 0.650. The molecule has 0 aromatic carbocycles. The lowest BCUT2D eigenvalue weighted by atomic mass is 10.2. The maximum absolute atomic E-state index is 12.3. The summed E-state index contributed by atoms with van der Waals surface area (Å²) in [7, 11) is 0. The zero-order valence-corrected chi connectivity index (χ0v) is 15.6. The maximum Gasteiger partial charge on any atom is 0.377 e. The van der Waals surface area contributed by atoms with Gasteiger partial charge in [0.2, 0.25) is 5.76 Å². The fraction of sp³-hybridized carbons (Fsp3) is 0.263. The van der Waals surface area contributed by atoms with Crippen molar-refractivity contribution in [2.24, 2.45) is 0 Å². The second kappa shape index (κ2) is 7.84. The number of furan rings is 1. The molecular formula is C19H18N4O5. The number of nitrogens with one attached hydrogen (secondary N) is 1. The molecule has 0 spiro atoms. The van der Waals surface area contributed by atoms with Crippen LogP contribution in [-0.2, 0) is 16.1 Å². The molecule has 3 heterocycles. The third-order valence-electron chi connectivity index (χ3n) is 4.26. The van der Waals surface area contributed by atoms with E-state index in [2.05, 4.69) is 16.5 Å². The first kappa shape index (κ1) is 19.0. The SMILES string of the molecule is Cc1cc(C(=O)OCC(=O)Nc2c(C#N)c(C)c(C)n2Cc2ccco2)on1. The van der Waals surface area contributed by atoms with Crippen LogP contribution >= 0.6 is 0 Å². The van der Waals surface area contributed by atoms with Gasteiger partial charge in [0.15, 0.2) is 6.61 Å². The van der Waals surface area contributed by atoms with Crippen LogP contribution < -0.4 is 5.32 Å². The molecule has 0 aliphatic carbocycles. The fourth-order valence-corrected chi connectivity index (χ4v) is 2.72. The first-order valence-electron chi connectivity index (χ1n) is 8.43. The highest BCUT2D eigenvalue weighted by Gasteiger charge is 2.21. The van der Waals surface area contributed by atoms with Crippen molar-refractivity contribution in [2.45, 2.75) is 27.3 Å². The molecule has 9 heteroatoms. The first-order valence-corrected chi connectivity index (χ1v) is 8.43. The lowest BCUT2D eigenvalue weighted by molar-refractivity contribution is -0.119. The molecule has 0 aliphatic heterocycles. The lowest BCUT2D eigenvalue weighted by Gasteiger charge is -2.12. The van der Waals surface area contributed by atoms with Crippen LogP contribution in [0.15, 0.2) is 33.4 Å². The van der Waals surface area contributed by atoms with Crippen molar-refractivity contribution >= 4 is 17.7 Å². The van der Waals surface area contributed by atoms with Crippen molar-refractivity contribution < 1.29 is 23.3 Å². The molecule has 3 aromatic rings. The number of anilines is 1. The van der Waals surface area contributed by atoms with Crippen molar-refractivity contribution in [1.29, 1.82) is 5.26 Å². The molecule has 28 heavy (non-hydrogen) atoms. The van der Waals surface area contributed by atoms with Gasteiger partial charge in [0.25, 0.3) is 5.91 Å². The van der Waals surface area contributed by atoms with Gasteiger partial charge >= 0.3 is 5.97 Å². The van der Waals surface area contributed by atoms with Crippen LogP contribution in [0.1, 0.15) is 38.8 Å². The van der Waals surface area contributed by atoms with Gasteiger partial charge in [0.1, 0.15) is 17.6 Å². The maximum atomic E-state index is 12.3. The number of carbonyl (C=O) groups excluding carboxylic acids is 2. The molecule has 9 nitrogen and oxygen atoms in total. The number of amides is 1. The summed E-state index contributed by atoms with van der Waals surface area (Å²) in [5.74, 6) is -0.472. The highest BCUT2D eigenvalue weighted by Crippen LogP contribution is 2.27. The molecule has 144 valence electrons. The Hall–Kier alpha value is -3.80. The van der Waals surface area contributed by atoms with E-state index in [4.69, 9.17) is 13.7 Å². The normalized spacial score (nSPS) is 10.5. The van der Waals surface area contributed by atoms with E-state index in [9.17, 15) is 14.9 Å². The number of nitriles is 1. The molecule has 0 fully saturated rings. The molecule has 0 aliphatic rings. The summed E-state index contributed by atoms with van der Waals surface area (Å²) >= 11 is 0. The number of nitrogens with zero attached hydrogens (tertiary/aromatic N) is 3. The minimum Gasteiger partial charge on any atom is -0.467 e. The smallest absolute Gasteiger partial charge is 0.377 e. The number of esters is 1. The molecule has 1 N–H and O–H groups in total. The summed E-state index contributed by atoms with van der Waals surface area (Å²) in [4.78, 5) is 24.2. The summed E-state index contributed by atoms with van der Waals surface area (Å²) < 4.78 is 16.9. The van der Waals surface area contributed by atoms with Gasteiger partial charge in [0, 0.05) is 11.8 Å². The Morgan fingerprint density at radius 2 is 2.14 bits per heavy atom. The standard InChI is InChI=1S/C19H18N4O5/c1-11-7-16(28-22-11)19(25)27-10-17(24)21-18-15(8-20)12(2)13(3)23(18)9-14-5-4-6-26-14/h4-7H,9-10H2,1-3H3,(H,21,24). The van der Waals surface area contributed by atoms with E-state index in [-0.39, 0.29) is 5.76 Å². The molecule has 0 atom stereocenters. The Kier molecular flexibility index (Phi) is 5.31. The summed E-state index contributed by atoms with van der Waals surface area (Å²) in [6.45, 7) is 5.12. The second-order valence-electron chi connectivity index (χ2n) is 6.17. The average molecular weight is 382 g/mol. The number of rotatable bonds is 6. The Bertz CT molecular complexity index is 1050. The van der Waals surface area contributed by atoms with Crippen LogP contribution in [0.25, 0.3) is 0 Å². The van der Waals surface area contributed by atoms with E-state index in [1.54, 1.807) is 36.8 Å². The van der Waals surface area contributed by atoms with Crippen molar-refractivity contribution in [1.82, 2.24) is 9.72 Å². The van der Waals surface area contributed by atoms with Crippen LogP contribution in [0.5, 0.6) is 0 Å². The predicted molar refractivity (Wildman–Crippen MR) is 96.6 cm³/mol. The van der Waals surface area contributed by atoms with E-state index < -0.39 is 18.5 Å². The zero-order chi connectivity index (χ0) is 20.3. The molecule has 0 unspecified atom stereocenters. The van der Waals surface area contributed by atoms with Gasteiger partial charge in [-0.15, -0.1) is 0 Å². The number of ether oxygens (including phenoxy) is 1. The van der Waals surface area contributed by atoms with Crippen molar-refractivity contribution in [3.8, 4) is 6.07 Å². The monoisotopic (exact) mass is 382 g/mol. The number of hydrogen-bond acceptors (Lipinski definition) is 7. The Morgan fingerprint density at radius 3 is 2.75 bits per heavy atom. The van der Waals surface area contributed by atoms with E-state index in [1.165, 1.54) is 6.07 Å². The minimum atomic E-state index is -0.797. The molecule has 0 saturated heterocycles. The van der Waals surface area contributed by atoms with Crippen LogP contribution in [0, 0.1) is 32.1 Å². The van der Waals surface area contributed by atoms with Gasteiger partial charge < -0.3 is 23.6 Å².